The van der Waals surface area contributed by atoms with E-state index in [1.54, 1.807) is 0 Å². The number of pyridine rings is 1. The Morgan fingerprint density at radius 1 is 1.48 bits per heavy atom. The number of hydrogen-bond acceptors (Lipinski definition) is 7. The molecule has 0 amide bonds. The van der Waals surface area contributed by atoms with Crippen molar-refractivity contribution in [2.24, 2.45) is 5.11 Å². The highest BCUT2D eigenvalue weighted by atomic mass is 35.5. The number of aliphatic hydroxyl groups excluding tert-OH is 3. The monoisotopic (exact) mass is 357 g/mol. The zero-order valence-electron chi connectivity index (χ0n) is 11.5. The van der Waals surface area contributed by atoms with E-state index in [0.717, 1.165) is 11.8 Å². The van der Waals surface area contributed by atoms with Gasteiger partial charge < -0.3 is 24.9 Å². The highest BCUT2D eigenvalue weighted by Crippen LogP contribution is 2.38. The van der Waals surface area contributed by atoms with Crippen molar-refractivity contribution in [2.45, 2.75) is 34.7 Å². The van der Waals surface area contributed by atoms with E-state index in [9.17, 15) is 15.3 Å². The first-order valence-corrected chi connectivity index (χ1v) is 7.64. The van der Waals surface area contributed by atoms with E-state index >= 15 is 0 Å². The maximum Gasteiger partial charge on any atom is 0.283 e. The lowest BCUT2D eigenvalue weighted by Crippen LogP contribution is -2.56. The zero-order chi connectivity index (χ0) is 17.0. The van der Waals surface area contributed by atoms with Gasteiger partial charge in [-0.2, -0.15) is 0 Å². The van der Waals surface area contributed by atoms with Gasteiger partial charge in [-0.25, -0.2) is 0 Å². The highest BCUT2D eigenvalue weighted by molar-refractivity contribution is 8.00. The largest absolute Gasteiger partial charge is 0.394 e. The number of thioether (sulfide) groups is 1. The first-order chi connectivity index (χ1) is 11.0. The second-order valence-corrected chi connectivity index (χ2v) is 6.18. The second kappa shape index (κ2) is 7.81. The van der Waals surface area contributed by atoms with Gasteiger partial charge in [0.05, 0.1) is 23.8 Å². The Morgan fingerprint density at radius 3 is 2.83 bits per heavy atom. The standard InChI is InChI=1S/C12H12ClN5O4S/c1-15-11-7(2-5(13)3-16-11)23-12-10(21)8(17-18-14)9(20)6(4-19)22-12/h2-3,6,8-10,12,19-21H,4H2/t6?,8-,9-,10?,12+/m0/s1. The van der Waals surface area contributed by atoms with Gasteiger partial charge in [0.1, 0.15) is 23.8 Å². The van der Waals surface area contributed by atoms with Gasteiger partial charge >= 0.3 is 0 Å². The maximum atomic E-state index is 10.3. The van der Waals surface area contributed by atoms with Gasteiger partial charge in [-0.3, -0.25) is 0 Å². The summed E-state index contributed by atoms with van der Waals surface area (Å²) in [6.07, 6.45) is -2.40. The molecule has 1 aliphatic rings. The predicted octanol–water partition coefficient (Wildman–Crippen LogP) is 1.50. The van der Waals surface area contributed by atoms with Crippen LogP contribution in [-0.4, -0.2) is 56.7 Å². The summed E-state index contributed by atoms with van der Waals surface area (Å²) in [5.74, 6) is 0.0715. The van der Waals surface area contributed by atoms with E-state index in [1.165, 1.54) is 12.3 Å². The van der Waals surface area contributed by atoms with Gasteiger partial charge in [0.15, 0.2) is 0 Å². The van der Waals surface area contributed by atoms with Gasteiger partial charge in [-0.1, -0.05) is 23.3 Å². The van der Waals surface area contributed by atoms with Gasteiger partial charge in [-0.15, -0.1) is 16.7 Å². The number of azide groups is 1. The Hall–Kier alpha value is -1.57. The molecule has 1 fully saturated rings. The molecule has 11 heteroatoms. The van der Waals surface area contributed by atoms with E-state index in [2.05, 4.69) is 19.9 Å². The lowest BCUT2D eigenvalue weighted by atomic mass is 9.98. The molecule has 0 saturated carbocycles. The molecule has 9 nitrogen and oxygen atoms in total. The molecule has 0 spiro atoms. The third-order valence-electron chi connectivity index (χ3n) is 3.18. The molecule has 1 aromatic rings. The zero-order valence-corrected chi connectivity index (χ0v) is 13.1. The Balaban J connectivity index is 2.30. The molecular weight excluding hydrogens is 346 g/mol. The van der Waals surface area contributed by atoms with E-state index in [4.69, 9.17) is 28.4 Å². The summed E-state index contributed by atoms with van der Waals surface area (Å²) in [7, 11) is 0. The number of aliphatic hydroxyl groups is 3. The summed E-state index contributed by atoms with van der Waals surface area (Å²) >= 11 is 6.81. The molecule has 122 valence electrons. The van der Waals surface area contributed by atoms with E-state index in [-0.39, 0.29) is 5.82 Å². The fraction of sp³-hybridized carbons (Fsp3) is 0.500. The Morgan fingerprint density at radius 2 is 2.22 bits per heavy atom. The van der Waals surface area contributed by atoms with Crippen molar-refractivity contribution >= 4 is 29.2 Å². The van der Waals surface area contributed by atoms with Crippen molar-refractivity contribution in [2.75, 3.05) is 6.61 Å². The van der Waals surface area contributed by atoms with Crippen LogP contribution in [0.3, 0.4) is 0 Å². The number of halogens is 1. The van der Waals surface area contributed by atoms with Gasteiger partial charge in [0.25, 0.3) is 5.82 Å². The normalized spacial score (nSPS) is 30.3. The molecule has 2 unspecified atom stereocenters. The van der Waals surface area contributed by atoms with Crippen LogP contribution in [0.1, 0.15) is 0 Å². The van der Waals surface area contributed by atoms with Crippen LogP contribution < -0.4 is 0 Å². The molecule has 0 bridgehead atoms. The molecule has 0 aliphatic carbocycles. The molecular formula is C12H12ClN5O4S. The highest BCUT2D eigenvalue weighted by Gasteiger charge is 2.44. The molecule has 5 atom stereocenters. The number of rotatable bonds is 4. The molecule has 0 aromatic carbocycles. The smallest absolute Gasteiger partial charge is 0.283 e. The summed E-state index contributed by atoms with van der Waals surface area (Å²) in [4.78, 5) is 10.1. The Bertz CT molecular complexity index is 665. The van der Waals surface area contributed by atoms with Crippen LogP contribution in [0.25, 0.3) is 15.3 Å². The SMILES string of the molecule is [C-]#[N+]c1ncc(Cl)cc1S[C@H]1OC(CO)[C@H](O)[C@H](N=[N+]=[N-])C1O. The average Bonchev–Trinajstić information content (AvgIpc) is 2.54. The van der Waals surface area contributed by atoms with Crippen LogP contribution in [-0.2, 0) is 4.74 Å². The first kappa shape index (κ1) is 17.8. The summed E-state index contributed by atoms with van der Waals surface area (Å²) in [6, 6.07) is 0.302. The second-order valence-electron chi connectivity index (χ2n) is 4.61. The van der Waals surface area contributed by atoms with Crippen molar-refractivity contribution in [1.29, 1.82) is 0 Å². The van der Waals surface area contributed by atoms with Crippen LogP contribution in [0, 0.1) is 6.57 Å². The van der Waals surface area contributed by atoms with Gasteiger partial charge in [0.2, 0.25) is 0 Å². The fourth-order valence-electron chi connectivity index (χ4n) is 2.07. The third kappa shape index (κ3) is 3.85. The van der Waals surface area contributed by atoms with Crippen LogP contribution in [0.2, 0.25) is 5.02 Å². The van der Waals surface area contributed by atoms with E-state index < -0.39 is 36.4 Å². The average molecular weight is 358 g/mol. The molecule has 2 heterocycles. The minimum absolute atomic E-state index is 0.0715. The maximum absolute atomic E-state index is 10.3. The van der Waals surface area contributed by atoms with Gasteiger partial charge in [-0.05, 0) is 11.6 Å². The lowest BCUT2D eigenvalue weighted by molar-refractivity contribution is -0.159. The predicted molar refractivity (Wildman–Crippen MR) is 82.1 cm³/mol. The van der Waals surface area contributed by atoms with E-state index in [1.807, 2.05) is 0 Å². The summed E-state index contributed by atoms with van der Waals surface area (Å²) in [5, 5.41) is 33.2. The number of ether oxygens (including phenoxy) is 1. The van der Waals surface area contributed by atoms with Crippen LogP contribution in [0.5, 0.6) is 0 Å². The van der Waals surface area contributed by atoms with Gasteiger partial charge in [0, 0.05) is 9.81 Å². The molecule has 0 radical (unpaired) electrons. The number of nitrogens with zero attached hydrogens (tertiary/aromatic N) is 5. The van der Waals surface area contributed by atoms with Crippen molar-refractivity contribution < 1.29 is 20.1 Å². The van der Waals surface area contributed by atoms with Crippen molar-refractivity contribution in [3.05, 3.63) is 39.1 Å². The number of hydrogen-bond donors (Lipinski definition) is 3. The molecule has 3 N–H and O–H groups in total. The minimum Gasteiger partial charge on any atom is -0.394 e. The van der Waals surface area contributed by atoms with Crippen molar-refractivity contribution in [3.63, 3.8) is 0 Å². The molecule has 1 aliphatic heterocycles. The van der Waals surface area contributed by atoms with Crippen LogP contribution in [0.15, 0.2) is 22.3 Å². The van der Waals surface area contributed by atoms with E-state index in [0.29, 0.717) is 9.92 Å². The lowest BCUT2D eigenvalue weighted by Gasteiger charge is -2.40. The topological polar surface area (TPSA) is 136 Å². The number of aromatic nitrogens is 1. The Labute approximate surface area is 140 Å². The first-order valence-electron chi connectivity index (χ1n) is 6.38. The summed E-state index contributed by atoms with van der Waals surface area (Å²) < 4.78 is 5.44. The summed E-state index contributed by atoms with van der Waals surface area (Å²) in [5.41, 5.74) is 7.59. The molecule has 2 rings (SSSR count). The quantitative estimate of drug-likeness (QED) is 0.323. The third-order valence-corrected chi connectivity index (χ3v) is 4.57. The van der Waals surface area contributed by atoms with Crippen molar-refractivity contribution in [3.8, 4) is 0 Å². The van der Waals surface area contributed by atoms with Crippen LogP contribution >= 0.6 is 23.4 Å². The fourth-order valence-corrected chi connectivity index (χ4v) is 3.44. The molecule has 23 heavy (non-hydrogen) atoms. The van der Waals surface area contributed by atoms with Crippen LogP contribution in [0.4, 0.5) is 5.82 Å². The molecule has 1 saturated heterocycles. The Kier molecular flexibility index (Phi) is 6.04. The molecule has 1 aromatic heterocycles. The van der Waals surface area contributed by atoms with Crippen molar-refractivity contribution in [1.82, 2.24) is 4.98 Å². The summed E-state index contributed by atoms with van der Waals surface area (Å²) in [6.45, 7) is 6.57. The minimum atomic E-state index is -1.35.